The van der Waals surface area contributed by atoms with E-state index in [9.17, 15) is 18.0 Å². The van der Waals surface area contributed by atoms with Gasteiger partial charge in [0.2, 0.25) is 15.9 Å². The van der Waals surface area contributed by atoms with Crippen LogP contribution in [-0.2, 0) is 14.8 Å². The molecule has 0 unspecified atom stereocenters. The molecule has 0 aromatic heterocycles. The lowest BCUT2D eigenvalue weighted by molar-refractivity contribution is -0.114. The predicted molar refractivity (Wildman–Crippen MR) is 113 cm³/mol. The van der Waals surface area contributed by atoms with Gasteiger partial charge < -0.3 is 15.5 Å². The molecule has 28 heavy (non-hydrogen) atoms. The summed E-state index contributed by atoms with van der Waals surface area (Å²) in [5, 5.41) is 5.35. The van der Waals surface area contributed by atoms with E-state index in [1.165, 1.54) is 25.1 Å². The van der Waals surface area contributed by atoms with Gasteiger partial charge in [-0.05, 0) is 48.9 Å². The Kier molecular flexibility index (Phi) is 6.30. The van der Waals surface area contributed by atoms with Gasteiger partial charge in [-0.1, -0.05) is 0 Å². The molecule has 0 heterocycles. The smallest absolute Gasteiger partial charge is 0.257 e. The van der Waals surface area contributed by atoms with Crippen LogP contribution >= 0.6 is 0 Å². The van der Waals surface area contributed by atoms with E-state index in [1.807, 2.05) is 38.1 Å². The van der Waals surface area contributed by atoms with E-state index in [2.05, 4.69) is 15.4 Å². The lowest BCUT2D eigenvalue weighted by Crippen LogP contribution is -2.18. The molecule has 0 bridgehead atoms. The Morgan fingerprint density at radius 3 is 2.11 bits per heavy atom. The van der Waals surface area contributed by atoms with E-state index >= 15 is 0 Å². The summed E-state index contributed by atoms with van der Waals surface area (Å²) in [5.41, 5.74) is 3.16. The Hall–Kier alpha value is -3.07. The molecular weight excluding hydrogens is 380 g/mol. The molecule has 0 fully saturated rings. The van der Waals surface area contributed by atoms with Gasteiger partial charge in [0.05, 0.1) is 17.5 Å². The fourth-order valence-corrected chi connectivity index (χ4v) is 3.31. The van der Waals surface area contributed by atoms with Crippen molar-refractivity contribution in [1.82, 2.24) is 0 Å². The zero-order valence-corrected chi connectivity index (χ0v) is 17.3. The SMILES string of the molecule is CC(=O)Nc1ccc(NS(C)(=O)=O)c(C(=O)Nc2ccc(N(C)C)c(C)c2)c1. The highest BCUT2D eigenvalue weighted by atomic mass is 32.2. The van der Waals surface area contributed by atoms with Crippen molar-refractivity contribution in [1.29, 1.82) is 0 Å². The number of benzene rings is 2. The summed E-state index contributed by atoms with van der Waals surface area (Å²) >= 11 is 0. The molecular formula is C19H24N4O4S. The maximum atomic E-state index is 12.8. The standard InChI is InChI=1S/C19H24N4O4S/c1-12-10-14(7-9-18(12)23(3)4)21-19(25)16-11-15(20-13(2)24)6-8-17(16)22-28(5,26)27/h6-11,22H,1-5H3,(H,20,24)(H,21,25). The fraction of sp³-hybridized carbons (Fsp3) is 0.263. The number of hydrogen-bond donors (Lipinski definition) is 3. The lowest BCUT2D eigenvalue weighted by Gasteiger charge is -2.17. The van der Waals surface area contributed by atoms with Crippen LogP contribution in [0.2, 0.25) is 0 Å². The number of rotatable bonds is 6. The number of aryl methyl sites for hydroxylation is 1. The summed E-state index contributed by atoms with van der Waals surface area (Å²) in [6.07, 6.45) is 1.000. The second-order valence-electron chi connectivity index (χ2n) is 6.67. The highest BCUT2D eigenvalue weighted by Crippen LogP contribution is 2.25. The second kappa shape index (κ2) is 8.30. The van der Waals surface area contributed by atoms with Gasteiger partial charge in [-0.2, -0.15) is 0 Å². The average Bonchev–Trinajstić information content (AvgIpc) is 2.54. The van der Waals surface area contributed by atoms with Crippen molar-refractivity contribution in [3.8, 4) is 0 Å². The molecule has 0 aliphatic heterocycles. The van der Waals surface area contributed by atoms with Crippen molar-refractivity contribution >= 4 is 44.6 Å². The van der Waals surface area contributed by atoms with Gasteiger partial charge in [-0.15, -0.1) is 0 Å². The van der Waals surface area contributed by atoms with Crippen LogP contribution in [-0.4, -0.2) is 40.6 Å². The number of carbonyl (C=O) groups is 2. The zero-order valence-electron chi connectivity index (χ0n) is 16.5. The van der Waals surface area contributed by atoms with E-state index in [4.69, 9.17) is 0 Å². The van der Waals surface area contributed by atoms with Crippen LogP contribution in [0.3, 0.4) is 0 Å². The minimum Gasteiger partial charge on any atom is -0.377 e. The highest BCUT2D eigenvalue weighted by molar-refractivity contribution is 7.92. The Balaban J connectivity index is 2.38. The summed E-state index contributed by atoms with van der Waals surface area (Å²) in [7, 11) is 0.269. The number of amides is 2. The molecule has 150 valence electrons. The average molecular weight is 404 g/mol. The predicted octanol–water partition coefficient (Wildman–Crippen LogP) is 2.64. The van der Waals surface area contributed by atoms with Crippen molar-refractivity contribution in [2.75, 3.05) is 40.6 Å². The topological polar surface area (TPSA) is 108 Å². The first kappa shape index (κ1) is 21.2. The molecule has 0 radical (unpaired) electrons. The summed E-state index contributed by atoms with van der Waals surface area (Å²) < 4.78 is 25.6. The molecule has 0 saturated heterocycles. The normalized spacial score (nSPS) is 10.9. The van der Waals surface area contributed by atoms with Crippen LogP contribution in [0, 0.1) is 6.92 Å². The van der Waals surface area contributed by atoms with Gasteiger partial charge in [0.1, 0.15) is 0 Å². The maximum absolute atomic E-state index is 12.8. The van der Waals surface area contributed by atoms with Crippen molar-refractivity contribution < 1.29 is 18.0 Å². The first-order chi connectivity index (χ1) is 13.0. The third-order valence-electron chi connectivity index (χ3n) is 3.82. The van der Waals surface area contributed by atoms with Gasteiger partial charge in [0.15, 0.2) is 0 Å². The molecule has 2 amide bonds. The van der Waals surface area contributed by atoms with Crippen LogP contribution in [0.15, 0.2) is 36.4 Å². The van der Waals surface area contributed by atoms with Crippen LogP contribution in [0.25, 0.3) is 0 Å². The number of anilines is 4. The molecule has 2 aromatic carbocycles. The van der Waals surface area contributed by atoms with Gasteiger partial charge in [0.25, 0.3) is 5.91 Å². The van der Waals surface area contributed by atoms with Gasteiger partial charge in [0, 0.05) is 38.1 Å². The van der Waals surface area contributed by atoms with Crippen molar-refractivity contribution in [2.24, 2.45) is 0 Å². The van der Waals surface area contributed by atoms with Crippen LogP contribution in [0.4, 0.5) is 22.7 Å². The molecule has 0 atom stereocenters. The van der Waals surface area contributed by atoms with E-state index in [1.54, 1.807) is 6.07 Å². The summed E-state index contributed by atoms with van der Waals surface area (Å²) in [4.78, 5) is 26.1. The summed E-state index contributed by atoms with van der Waals surface area (Å²) in [6, 6.07) is 9.85. The molecule has 0 spiro atoms. The molecule has 0 saturated carbocycles. The minimum absolute atomic E-state index is 0.0889. The van der Waals surface area contributed by atoms with E-state index in [0.29, 0.717) is 11.4 Å². The maximum Gasteiger partial charge on any atom is 0.257 e. The minimum atomic E-state index is -3.59. The molecule has 2 rings (SSSR count). The van der Waals surface area contributed by atoms with E-state index in [0.717, 1.165) is 17.5 Å². The Bertz CT molecular complexity index is 1020. The van der Waals surface area contributed by atoms with Crippen molar-refractivity contribution in [3.05, 3.63) is 47.5 Å². The van der Waals surface area contributed by atoms with Gasteiger partial charge >= 0.3 is 0 Å². The third kappa shape index (κ3) is 5.71. The molecule has 0 aliphatic rings. The lowest BCUT2D eigenvalue weighted by atomic mass is 10.1. The number of nitrogens with one attached hydrogen (secondary N) is 3. The molecule has 8 nitrogen and oxygen atoms in total. The Morgan fingerprint density at radius 2 is 1.57 bits per heavy atom. The first-order valence-electron chi connectivity index (χ1n) is 8.45. The molecule has 0 aliphatic carbocycles. The largest absolute Gasteiger partial charge is 0.377 e. The molecule has 3 N–H and O–H groups in total. The quantitative estimate of drug-likeness (QED) is 0.686. The Morgan fingerprint density at radius 1 is 0.964 bits per heavy atom. The fourth-order valence-electron chi connectivity index (χ4n) is 2.74. The number of sulfonamides is 1. The first-order valence-corrected chi connectivity index (χ1v) is 10.3. The van der Waals surface area contributed by atoms with Crippen LogP contribution < -0.4 is 20.3 Å². The van der Waals surface area contributed by atoms with Crippen LogP contribution in [0.1, 0.15) is 22.8 Å². The van der Waals surface area contributed by atoms with E-state index in [-0.39, 0.29) is 17.2 Å². The number of carbonyl (C=O) groups excluding carboxylic acids is 2. The molecule has 9 heteroatoms. The second-order valence-corrected chi connectivity index (χ2v) is 8.41. The summed E-state index contributed by atoms with van der Waals surface area (Å²) in [6.45, 7) is 3.27. The zero-order chi connectivity index (χ0) is 21.1. The monoisotopic (exact) mass is 404 g/mol. The third-order valence-corrected chi connectivity index (χ3v) is 4.41. The van der Waals surface area contributed by atoms with Crippen molar-refractivity contribution in [2.45, 2.75) is 13.8 Å². The Labute approximate surface area is 165 Å². The van der Waals surface area contributed by atoms with E-state index < -0.39 is 15.9 Å². The van der Waals surface area contributed by atoms with Gasteiger partial charge in [-0.25, -0.2) is 8.42 Å². The highest BCUT2D eigenvalue weighted by Gasteiger charge is 2.16. The van der Waals surface area contributed by atoms with Crippen LogP contribution in [0.5, 0.6) is 0 Å². The number of hydrogen-bond acceptors (Lipinski definition) is 5. The van der Waals surface area contributed by atoms with Crippen molar-refractivity contribution in [3.63, 3.8) is 0 Å². The number of nitrogens with zero attached hydrogens (tertiary/aromatic N) is 1. The summed E-state index contributed by atoms with van der Waals surface area (Å²) in [5.74, 6) is -0.805. The molecule has 2 aromatic rings. The van der Waals surface area contributed by atoms with Gasteiger partial charge in [-0.3, -0.25) is 14.3 Å².